The van der Waals surface area contributed by atoms with Crippen LogP contribution in [0.15, 0.2) is 18.2 Å². The molecule has 0 radical (unpaired) electrons. The number of nitrogens with one attached hydrogen (secondary N) is 1. The highest BCUT2D eigenvalue weighted by atomic mass is 32.2. The van der Waals surface area contributed by atoms with Gasteiger partial charge in [0.05, 0.1) is 5.69 Å². The Hall–Kier alpha value is -1.20. The molecule has 1 aromatic carbocycles. The molecule has 1 aromatic rings. The van der Waals surface area contributed by atoms with E-state index in [1.807, 2.05) is 41.8 Å². The minimum atomic E-state index is 0.117. The third-order valence-electron chi connectivity index (χ3n) is 3.77. The third-order valence-corrected chi connectivity index (χ3v) is 5.11. The highest BCUT2D eigenvalue weighted by molar-refractivity contribution is 8.00. The first-order valence-electron chi connectivity index (χ1n) is 6.54. The van der Waals surface area contributed by atoms with Gasteiger partial charge in [-0.15, -0.1) is 0 Å². The van der Waals surface area contributed by atoms with Crippen molar-refractivity contribution in [3.05, 3.63) is 29.3 Å². The van der Waals surface area contributed by atoms with Crippen LogP contribution in [-0.2, 0) is 0 Å². The molecule has 1 aliphatic rings. The van der Waals surface area contributed by atoms with Crippen LogP contribution in [0.4, 0.5) is 5.69 Å². The quantitative estimate of drug-likeness (QED) is 0.644. The van der Waals surface area contributed by atoms with E-state index in [-0.39, 0.29) is 11.9 Å². The molecule has 2 atom stereocenters. The van der Waals surface area contributed by atoms with E-state index in [2.05, 4.69) is 19.3 Å². The van der Waals surface area contributed by atoms with Crippen molar-refractivity contribution in [3.8, 4) is 0 Å². The van der Waals surface area contributed by atoms with Crippen molar-refractivity contribution < 1.29 is 4.79 Å². The monoisotopic (exact) mass is 279 g/mol. The van der Waals surface area contributed by atoms with Crippen LogP contribution in [0.25, 0.3) is 0 Å². The molecule has 3 N–H and O–H groups in total. The number of nitrogen functional groups attached to an aromatic ring is 1. The van der Waals surface area contributed by atoms with Crippen LogP contribution < -0.4 is 11.3 Å². The summed E-state index contributed by atoms with van der Waals surface area (Å²) in [6, 6.07) is 5.87. The first kappa shape index (κ1) is 14.2. The molecule has 1 fully saturated rings. The van der Waals surface area contributed by atoms with Gasteiger partial charge in [0.2, 0.25) is 0 Å². The van der Waals surface area contributed by atoms with Crippen LogP contribution in [0, 0.1) is 6.92 Å². The predicted molar refractivity (Wildman–Crippen MR) is 81.4 cm³/mol. The first-order valence-corrected chi connectivity index (χ1v) is 7.59. The predicted octanol–water partition coefficient (Wildman–Crippen LogP) is 2.25. The fraction of sp³-hybridized carbons (Fsp3) is 0.500. The number of carbonyl (C=O) groups excluding carboxylic acids is 1. The maximum atomic E-state index is 12.6. The summed E-state index contributed by atoms with van der Waals surface area (Å²) in [5.74, 6) is 6.54. The molecule has 5 heteroatoms. The number of hydrazine groups is 1. The van der Waals surface area contributed by atoms with Gasteiger partial charge in [-0.25, -0.2) is 0 Å². The Balaban J connectivity index is 2.21. The second-order valence-electron chi connectivity index (χ2n) is 4.99. The van der Waals surface area contributed by atoms with Gasteiger partial charge in [0.1, 0.15) is 0 Å². The minimum absolute atomic E-state index is 0.117. The number of amides is 1. The molecule has 0 aliphatic carbocycles. The smallest absolute Gasteiger partial charge is 0.254 e. The van der Waals surface area contributed by atoms with Gasteiger partial charge >= 0.3 is 0 Å². The number of aryl methyl sites for hydroxylation is 1. The van der Waals surface area contributed by atoms with Crippen molar-refractivity contribution in [2.24, 2.45) is 5.84 Å². The molecule has 19 heavy (non-hydrogen) atoms. The zero-order valence-corrected chi connectivity index (χ0v) is 12.5. The number of hydrogen-bond acceptors (Lipinski definition) is 4. The molecule has 1 heterocycles. The Kier molecular flexibility index (Phi) is 4.37. The van der Waals surface area contributed by atoms with Crippen LogP contribution in [0.3, 0.4) is 0 Å². The number of thioether (sulfide) groups is 1. The van der Waals surface area contributed by atoms with Crippen LogP contribution >= 0.6 is 11.8 Å². The highest BCUT2D eigenvalue weighted by Crippen LogP contribution is 2.26. The zero-order valence-electron chi connectivity index (χ0n) is 11.6. The molecular weight excluding hydrogens is 258 g/mol. The van der Waals surface area contributed by atoms with E-state index in [9.17, 15) is 4.79 Å². The van der Waals surface area contributed by atoms with Crippen LogP contribution in [0.1, 0.15) is 29.8 Å². The minimum Gasteiger partial charge on any atom is -0.334 e. The van der Waals surface area contributed by atoms with Gasteiger partial charge in [-0.1, -0.05) is 6.92 Å². The van der Waals surface area contributed by atoms with E-state index >= 15 is 0 Å². The Labute approximate surface area is 118 Å². The van der Waals surface area contributed by atoms with Gasteiger partial charge in [0, 0.05) is 29.2 Å². The summed E-state index contributed by atoms with van der Waals surface area (Å²) in [6.45, 7) is 7.08. The molecule has 4 nitrogen and oxygen atoms in total. The topological polar surface area (TPSA) is 58.4 Å². The molecule has 2 unspecified atom stereocenters. The van der Waals surface area contributed by atoms with Crippen molar-refractivity contribution in [1.29, 1.82) is 0 Å². The lowest BCUT2D eigenvalue weighted by atomic mass is 10.1. The summed E-state index contributed by atoms with van der Waals surface area (Å²) in [6.07, 6.45) is 0. The van der Waals surface area contributed by atoms with Crippen LogP contribution in [0.2, 0.25) is 0 Å². The lowest BCUT2D eigenvalue weighted by Gasteiger charge is -2.37. The fourth-order valence-electron chi connectivity index (χ4n) is 2.34. The van der Waals surface area contributed by atoms with Crippen molar-refractivity contribution in [1.82, 2.24) is 4.90 Å². The SMILES string of the molecule is Cc1cc(C(=O)N2CCSC(C)C2C)ccc1NN. The van der Waals surface area contributed by atoms with Crippen molar-refractivity contribution >= 4 is 23.4 Å². The number of nitrogens with zero attached hydrogens (tertiary/aromatic N) is 1. The third kappa shape index (κ3) is 2.87. The Morgan fingerprint density at radius 1 is 1.47 bits per heavy atom. The van der Waals surface area contributed by atoms with Crippen molar-refractivity contribution in [2.45, 2.75) is 32.1 Å². The summed E-state index contributed by atoms with van der Waals surface area (Å²) in [5.41, 5.74) is 5.21. The second kappa shape index (κ2) is 5.84. The summed E-state index contributed by atoms with van der Waals surface area (Å²) in [4.78, 5) is 14.6. The lowest BCUT2D eigenvalue weighted by Crippen LogP contribution is -2.47. The number of hydrogen-bond donors (Lipinski definition) is 2. The van der Waals surface area contributed by atoms with E-state index in [4.69, 9.17) is 5.84 Å². The number of benzene rings is 1. The largest absolute Gasteiger partial charge is 0.334 e. The summed E-state index contributed by atoms with van der Waals surface area (Å²) in [7, 11) is 0. The normalized spacial score (nSPS) is 23.3. The molecule has 0 bridgehead atoms. The Morgan fingerprint density at radius 2 is 2.21 bits per heavy atom. The van der Waals surface area contributed by atoms with Gasteiger partial charge in [0.15, 0.2) is 0 Å². The van der Waals surface area contributed by atoms with Gasteiger partial charge in [0.25, 0.3) is 5.91 Å². The maximum Gasteiger partial charge on any atom is 0.254 e. The molecule has 0 saturated carbocycles. The second-order valence-corrected chi connectivity index (χ2v) is 6.47. The summed E-state index contributed by atoms with van der Waals surface area (Å²) in [5, 5.41) is 0.490. The maximum absolute atomic E-state index is 12.6. The first-order chi connectivity index (χ1) is 9.04. The standard InChI is InChI=1S/C14H21N3OS/c1-9-8-12(4-5-13(9)16-15)14(18)17-6-7-19-11(3)10(17)2/h4-5,8,10-11,16H,6-7,15H2,1-3H3. The Morgan fingerprint density at radius 3 is 2.84 bits per heavy atom. The zero-order chi connectivity index (χ0) is 14.0. The van der Waals surface area contributed by atoms with Gasteiger partial charge in [-0.2, -0.15) is 11.8 Å². The Bertz CT molecular complexity index is 478. The van der Waals surface area contributed by atoms with Gasteiger partial charge < -0.3 is 10.3 Å². The average Bonchev–Trinajstić information content (AvgIpc) is 2.41. The molecule has 2 rings (SSSR count). The number of anilines is 1. The average molecular weight is 279 g/mol. The fourth-order valence-corrected chi connectivity index (χ4v) is 3.44. The summed E-state index contributed by atoms with van der Waals surface area (Å²) < 4.78 is 0. The molecular formula is C14H21N3OS. The van der Waals surface area contributed by atoms with E-state index in [1.54, 1.807) is 0 Å². The van der Waals surface area contributed by atoms with Crippen LogP contribution in [0.5, 0.6) is 0 Å². The van der Waals surface area contributed by atoms with E-state index < -0.39 is 0 Å². The molecule has 1 saturated heterocycles. The molecule has 104 valence electrons. The van der Waals surface area contributed by atoms with Crippen molar-refractivity contribution in [3.63, 3.8) is 0 Å². The highest BCUT2D eigenvalue weighted by Gasteiger charge is 2.29. The lowest BCUT2D eigenvalue weighted by molar-refractivity contribution is 0.0698. The summed E-state index contributed by atoms with van der Waals surface area (Å²) >= 11 is 1.93. The van der Waals surface area contributed by atoms with E-state index in [1.165, 1.54) is 0 Å². The van der Waals surface area contributed by atoms with E-state index in [0.717, 1.165) is 29.1 Å². The molecule has 1 amide bonds. The van der Waals surface area contributed by atoms with Crippen molar-refractivity contribution in [2.75, 3.05) is 17.7 Å². The van der Waals surface area contributed by atoms with Gasteiger partial charge in [-0.05, 0) is 37.6 Å². The van der Waals surface area contributed by atoms with E-state index in [0.29, 0.717) is 5.25 Å². The number of rotatable bonds is 2. The molecule has 0 aromatic heterocycles. The van der Waals surface area contributed by atoms with Crippen LogP contribution in [-0.4, -0.2) is 34.4 Å². The number of carbonyl (C=O) groups is 1. The number of nitrogens with two attached hydrogens (primary N) is 1. The molecule has 1 aliphatic heterocycles. The molecule has 0 spiro atoms. The van der Waals surface area contributed by atoms with Gasteiger partial charge in [-0.3, -0.25) is 10.6 Å².